The molecule has 10 heteroatoms. The average Bonchev–Trinajstić information content (AvgIpc) is 3.10. The summed E-state index contributed by atoms with van der Waals surface area (Å²) >= 11 is 13.4. The average molecular weight is 506 g/mol. The molecule has 0 fully saturated rings. The minimum atomic E-state index is -0.480. The molecule has 33 heavy (non-hydrogen) atoms. The molecule has 1 heterocycles. The van der Waals surface area contributed by atoms with Gasteiger partial charge in [-0.2, -0.15) is 0 Å². The van der Waals surface area contributed by atoms with E-state index >= 15 is 0 Å². The maximum atomic E-state index is 12.7. The van der Waals surface area contributed by atoms with E-state index in [1.54, 1.807) is 25.1 Å². The van der Waals surface area contributed by atoms with E-state index in [4.69, 9.17) is 23.2 Å². The Morgan fingerprint density at radius 1 is 1.06 bits per heavy atom. The van der Waals surface area contributed by atoms with Crippen molar-refractivity contribution in [3.8, 4) is 0 Å². The van der Waals surface area contributed by atoms with Crippen LogP contribution in [0.1, 0.15) is 30.8 Å². The maximum Gasteiger partial charge on any atom is 0.237 e. The van der Waals surface area contributed by atoms with Crippen molar-refractivity contribution in [1.82, 2.24) is 14.8 Å². The SMILES string of the molecule is CCn1c(CC(=O)Nc2cc(C)cc(C)c2)nnc1SC(C)C(=O)Nc1cc(Cl)ccc1Cl. The fraction of sp³-hybridized carbons (Fsp3) is 0.304. The summed E-state index contributed by atoms with van der Waals surface area (Å²) in [6.07, 6.45) is 0.0765. The van der Waals surface area contributed by atoms with Crippen LogP contribution in [0.2, 0.25) is 10.0 Å². The molecule has 1 atom stereocenters. The Kier molecular flexibility index (Phi) is 8.40. The summed E-state index contributed by atoms with van der Waals surface area (Å²) in [5.41, 5.74) is 3.35. The van der Waals surface area contributed by atoms with Gasteiger partial charge < -0.3 is 15.2 Å². The van der Waals surface area contributed by atoms with Crippen LogP contribution in [0.4, 0.5) is 11.4 Å². The van der Waals surface area contributed by atoms with Gasteiger partial charge in [-0.05, 0) is 69.2 Å². The number of nitrogens with one attached hydrogen (secondary N) is 2. The van der Waals surface area contributed by atoms with Gasteiger partial charge in [0.05, 0.1) is 22.4 Å². The van der Waals surface area contributed by atoms with Crippen molar-refractivity contribution < 1.29 is 9.59 Å². The Labute approximate surface area is 207 Å². The molecule has 3 aromatic rings. The fourth-order valence-corrected chi connectivity index (χ4v) is 4.56. The number of carbonyl (C=O) groups excluding carboxylic acids is 2. The zero-order valence-corrected chi connectivity index (χ0v) is 21.1. The molecule has 174 valence electrons. The van der Waals surface area contributed by atoms with Crippen molar-refractivity contribution in [1.29, 1.82) is 0 Å². The summed E-state index contributed by atoms with van der Waals surface area (Å²) in [5.74, 6) is 0.108. The predicted molar refractivity (Wildman–Crippen MR) is 134 cm³/mol. The number of aromatic nitrogens is 3. The number of nitrogens with zero attached hydrogens (tertiary/aromatic N) is 3. The molecule has 0 aliphatic carbocycles. The third-order valence-corrected chi connectivity index (χ3v) is 6.42. The first-order valence-electron chi connectivity index (χ1n) is 10.4. The summed E-state index contributed by atoms with van der Waals surface area (Å²) in [6, 6.07) is 10.8. The third-order valence-electron chi connectivity index (χ3n) is 4.77. The molecule has 3 rings (SSSR count). The van der Waals surface area contributed by atoms with Gasteiger partial charge in [-0.15, -0.1) is 10.2 Å². The second-order valence-corrected chi connectivity index (χ2v) is 9.77. The van der Waals surface area contributed by atoms with Crippen LogP contribution in [0.15, 0.2) is 41.6 Å². The number of hydrogen-bond donors (Lipinski definition) is 2. The third kappa shape index (κ3) is 6.72. The summed E-state index contributed by atoms with van der Waals surface area (Å²) in [7, 11) is 0. The van der Waals surface area contributed by atoms with Crippen molar-refractivity contribution in [3.05, 3.63) is 63.4 Å². The molecule has 1 unspecified atom stereocenters. The Morgan fingerprint density at radius 2 is 1.76 bits per heavy atom. The fourth-order valence-electron chi connectivity index (χ4n) is 3.29. The Bertz CT molecular complexity index is 1160. The van der Waals surface area contributed by atoms with Crippen molar-refractivity contribution in [2.45, 2.75) is 51.1 Å². The zero-order chi connectivity index (χ0) is 24.1. The van der Waals surface area contributed by atoms with Crippen LogP contribution in [0, 0.1) is 13.8 Å². The van der Waals surface area contributed by atoms with Gasteiger partial charge in [0.2, 0.25) is 11.8 Å². The first kappa shape index (κ1) is 25.1. The van der Waals surface area contributed by atoms with Crippen LogP contribution in [0.5, 0.6) is 0 Å². The van der Waals surface area contributed by atoms with E-state index in [2.05, 4.69) is 20.8 Å². The minimum absolute atomic E-state index is 0.0765. The molecule has 0 spiro atoms. The topological polar surface area (TPSA) is 88.9 Å². The van der Waals surface area contributed by atoms with Crippen LogP contribution >= 0.6 is 35.0 Å². The number of anilines is 2. The van der Waals surface area contributed by atoms with Crippen molar-refractivity contribution >= 4 is 58.2 Å². The first-order chi connectivity index (χ1) is 15.7. The van der Waals surface area contributed by atoms with Crippen molar-refractivity contribution in [3.63, 3.8) is 0 Å². The summed E-state index contributed by atoms with van der Waals surface area (Å²) in [4.78, 5) is 25.3. The standard InChI is InChI=1S/C23H25Cl2N5O2S/c1-5-30-20(12-21(31)26-17-9-13(2)8-14(3)10-17)28-29-23(30)33-15(4)22(32)27-19-11-16(24)6-7-18(19)25/h6-11,15H,5,12H2,1-4H3,(H,26,31)(H,27,32). The molecule has 0 saturated carbocycles. The van der Waals surface area contributed by atoms with Gasteiger partial charge in [0.1, 0.15) is 5.82 Å². The lowest BCUT2D eigenvalue weighted by molar-refractivity contribution is -0.116. The molecule has 0 radical (unpaired) electrons. The Hall–Kier alpha value is -2.55. The highest BCUT2D eigenvalue weighted by molar-refractivity contribution is 8.00. The normalized spacial score (nSPS) is 11.8. The molecule has 2 aromatic carbocycles. The van der Waals surface area contributed by atoms with Gasteiger partial charge in [0, 0.05) is 17.3 Å². The second-order valence-electron chi connectivity index (χ2n) is 7.62. The van der Waals surface area contributed by atoms with Crippen molar-refractivity contribution in [2.24, 2.45) is 0 Å². The van der Waals surface area contributed by atoms with Crippen LogP contribution in [-0.4, -0.2) is 31.8 Å². The van der Waals surface area contributed by atoms with Crippen LogP contribution in [0.25, 0.3) is 0 Å². The van der Waals surface area contributed by atoms with Crippen molar-refractivity contribution in [2.75, 3.05) is 10.6 Å². The van der Waals surface area contributed by atoms with E-state index in [-0.39, 0.29) is 18.2 Å². The zero-order valence-electron chi connectivity index (χ0n) is 18.8. The number of amides is 2. The monoisotopic (exact) mass is 505 g/mol. The van der Waals surface area contributed by atoms with E-state index in [1.165, 1.54) is 11.8 Å². The largest absolute Gasteiger partial charge is 0.326 e. The number of carbonyl (C=O) groups is 2. The molecule has 0 aliphatic rings. The molecule has 0 saturated heterocycles. The molecular formula is C23H25Cl2N5O2S. The smallest absolute Gasteiger partial charge is 0.237 e. The molecule has 0 aliphatic heterocycles. The number of rotatable bonds is 8. The highest BCUT2D eigenvalue weighted by atomic mass is 35.5. The van der Waals surface area contributed by atoms with Gasteiger partial charge in [0.15, 0.2) is 5.16 Å². The summed E-state index contributed by atoms with van der Waals surface area (Å²) in [6.45, 7) is 8.24. The lowest BCUT2D eigenvalue weighted by atomic mass is 10.1. The van der Waals surface area contributed by atoms with E-state index in [0.29, 0.717) is 33.3 Å². The molecule has 1 aromatic heterocycles. The quantitative estimate of drug-likeness (QED) is 0.393. The highest BCUT2D eigenvalue weighted by Gasteiger charge is 2.21. The predicted octanol–water partition coefficient (Wildman–Crippen LogP) is 5.52. The van der Waals surface area contributed by atoms with E-state index in [0.717, 1.165) is 16.8 Å². The van der Waals surface area contributed by atoms with E-state index in [9.17, 15) is 9.59 Å². The van der Waals surface area contributed by atoms with Gasteiger partial charge in [-0.3, -0.25) is 9.59 Å². The Balaban J connectivity index is 1.66. The first-order valence-corrected chi connectivity index (χ1v) is 12.0. The Morgan fingerprint density at radius 3 is 2.42 bits per heavy atom. The maximum absolute atomic E-state index is 12.7. The molecule has 0 bridgehead atoms. The number of thioether (sulfide) groups is 1. The van der Waals surface area contributed by atoms with Gasteiger partial charge in [0.25, 0.3) is 0 Å². The molecule has 2 amide bonds. The summed E-state index contributed by atoms with van der Waals surface area (Å²) in [5, 5.41) is 15.1. The second kappa shape index (κ2) is 11.0. The number of hydrogen-bond acceptors (Lipinski definition) is 5. The number of aryl methyl sites for hydroxylation is 2. The molecule has 7 nitrogen and oxygen atoms in total. The van der Waals surface area contributed by atoms with E-state index in [1.807, 2.05) is 43.5 Å². The van der Waals surface area contributed by atoms with Crippen LogP contribution < -0.4 is 10.6 Å². The van der Waals surface area contributed by atoms with Gasteiger partial charge >= 0.3 is 0 Å². The van der Waals surface area contributed by atoms with Crippen LogP contribution in [-0.2, 0) is 22.6 Å². The minimum Gasteiger partial charge on any atom is -0.326 e. The van der Waals surface area contributed by atoms with E-state index < -0.39 is 5.25 Å². The summed E-state index contributed by atoms with van der Waals surface area (Å²) < 4.78 is 1.84. The van der Waals surface area contributed by atoms with Crippen LogP contribution in [0.3, 0.4) is 0 Å². The lowest BCUT2D eigenvalue weighted by Gasteiger charge is -2.14. The highest BCUT2D eigenvalue weighted by Crippen LogP contribution is 2.28. The molecule has 2 N–H and O–H groups in total. The lowest BCUT2D eigenvalue weighted by Crippen LogP contribution is -2.23. The van der Waals surface area contributed by atoms with Gasteiger partial charge in [-0.25, -0.2) is 0 Å². The number of halogens is 2. The molecular weight excluding hydrogens is 481 g/mol. The number of benzene rings is 2. The van der Waals surface area contributed by atoms with Gasteiger partial charge in [-0.1, -0.05) is 41.0 Å².